The van der Waals surface area contributed by atoms with Crippen LogP contribution in [0.25, 0.3) is 0 Å². The summed E-state index contributed by atoms with van der Waals surface area (Å²) in [5, 5.41) is 0. The zero-order chi connectivity index (χ0) is 11.4. The van der Waals surface area contributed by atoms with Gasteiger partial charge in [0.25, 0.3) is 0 Å². The minimum Gasteiger partial charge on any atom is -0.378 e. The van der Waals surface area contributed by atoms with Gasteiger partial charge in [-0.15, -0.1) is 0 Å². The van der Waals surface area contributed by atoms with Gasteiger partial charge in [0.2, 0.25) is 5.91 Å². The molecule has 1 fully saturated rings. The molecule has 1 aromatic carbocycles. The number of rotatable bonds is 4. The third-order valence-corrected chi connectivity index (χ3v) is 3.06. The number of carbonyl (C=O) groups excluding carboxylic acids is 1. The molecule has 2 atom stereocenters. The number of hydrogen-bond acceptors (Lipinski definition) is 2. The molecular formula is C13H17NO2. The molecule has 0 radical (unpaired) electrons. The van der Waals surface area contributed by atoms with E-state index in [-0.39, 0.29) is 17.9 Å². The third-order valence-electron chi connectivity index (χ3n) is 3.06. The largest absolute Gasteiger partial charge is 0.378 e. The summed E-state index contributed by atoms with van der Waals surface area (Å²) in [6.45, 7) is 0.798. The van der Waals surface area contributed by atoms with Crippen molar-refractivity contribution in [2.75, 3.05) is 6.61 Å². The maximum absolute atomic E-state index is 11.1. The van der Waals surface area contributed by atoms with Crippen molar-refractivity contribution in [1.82, 2.24) is 0 Å². The number of benzene rings is 1. The molecule has 1 aliphatic heterocycles. The van der Waals surface area contributed by atoms with Crippen molar-refractivity contribution in [3.05, 3.63) is 35.9 Å². The average molecular weight is 219 g/mol. The van der Waals surface area contributed by atoms with Gasteiger partial charge in [-0.2, -0.15) is 0 Å². The maximum Gasteiger partial charge on any atom is 0.218 e. The van der Waals surface area contributed by atoms with Gasteiger partial charge in [0, 0.05) is 18.9 Å². The summed E-state index contributed by atoms with van der Waals surface area (Å²) in [4.78, 5) is 11.1. The summed E-state index contributed by atoms with van der Waals surface area (Å²) in [6.07, 6.45) is 2.61. The van der Waals surface area contributed by atoms with Crippen LogP contribution in [-0.2, 0) is 9.53 Å². The fourth-order valence-corrected chi connectivity index (χ4v) is 2.30. The first kappa shape index (κ1) is 11.1. The highest BCUT2D eigenvalue weighted by molar-refractivity contribution is 5.74. The van der Waals surface area contributed by atoms with Crippen LogP contribution in [0.1, 0.15) is 30.7 Å². The first-order valence-corrected chi connectivity index (χ1v) is 5.72. The topological polar surface area (TPSA) is 52.3 Å². The Balaban J connectivity index is 2.16. The van der Waals surface area contributed by atoms with Crippen LogP contribution in [0.3, 0.4) is 0 Å². The molecule has 1 aliphatic rings. The Morgan fingerprint density at radius 3 is 2.75 bits per heavy atom. The number of carbonyl (C=O) groups is 1. The van der Waals surface area contributed by atoms with Crippen LogP contribution >= 0.6 is 0 Å². The Hall–Kier alpha value is -1.35. The van der Waals surface area contributed by atoms with Crippen LogP contribution in [0, 0.1) is 0 Å². The molecule has 1 amide bonds. The number of ether oxygens (including phenoxy) is 1. The lowest BCUT2D eigenvalue weighted by Crippen LogP contribution is -2.24. The Labute approximate surface area is 95.6 Å². The van der Waals surface area contributed by atoms with Crippen molar-refractivity contribution >= 4 is 5.91 Å². The predicted octanol–water partition coefficient (Wildman–Crippen LogP) is 1.82. The molecular weight excluding hydrogens is 202 g/mol. The van der Waals surface area contributed by atoms with Crippen molar-refractivity contribution in [2.24, 2.45) is 5.73 Å². The van der Waals surface area contributed by atoms with Gasteiger partial charge in [-0.05, 0) is 18.4 Å². The van der Waals surface area contributed by atoms with Gasteiger partial charge in [0.05, 0.1) is 6.10 Å². The van der Waals surface area contributed by atoms with Crippen LogP contribution in [-0.4, -0.2) is 18.6 Å². The first-order chi connectivity index (χ1) is 7.77. The molecule has 1 heterocycles. The molecule has 86 valence electrons. The summed E-state index contributed by atoms with van der Waals surface area (Å²) in [6, 6.07) is 10.0. The fourth-order valence-electron chi connectivity index (χ4n) is 2.30. The fraction of sp³-hybridized carbons (Fsp3) is 0.462. The third kappa shape index (κ3) is 2.61. The monoisotopic (exact) mass is 219 g/mol. The number of amides is 1. The smallest absolute Gasteiger partial charge is 0.218 e. The lowest BCUT2D eigenvalue weighted by atomic mass is 9.89. The zero-order valence-electron chi connectivity index (χ0n) is 9.26. The minimum absolute atomic E-state index is 0.112. The zero-order valence-corrected chi connectivity index (χ0v) is 9.26. The van der Waals surface area contributed by atoms with Gasteiger partial charge in [-0.25, -0.2) is 0 Å². The summed E-state index contributed by atoms with van der Waals surface area (Å²) in [5.41, 5.74) is 6.45. The van der Waals surface area contributed by atoms with E-state index in [9.17, 15) is 4.79 Å². The van der Waals surface area contributed by atoms with Crippen molar-refractivity contribution in [3.8, 4) is 0 Å². The van der Waals surface area contributed by atoms with Gasteiger partial charge in [0.1, 0.15) is 0 Å². The van der Waals surface area contributed by atoms with Crippen molar-refractivity contribution in [3.63, 3.8) is 0 Å². The van der Waals surface area contributed by atoms with E-state index in [1.165, 1.54) is 0 Å². The van der Waals surface area contributed by atoms with E-state index >= 15 is 0 Å². The Morgan fingerprint density at radius 1 is 1.44 bits per heavy atom. The van der Waals surface area contributed by atoms with Gasteiger partial charge >= 0.3 is 0 Å². The molecule has 1 saturated heterocycles. The van der Waals surface area contributed by atoms with Gasteiger partial charge in [0.15, 0.2) is 0 Å². The molecule has 0 spiro atoms. The predicted molar refractivity (Wildman–Crippen MR) is 62.0 cm³/mol. The van der Waals surface area contributed by atoms with E-state index in [0.29, 0.717) is 6.42 Å². The highest BCUT2D eigenvalue weighted by atomic mass is 16.5. The number of nitrogens with two attached hydrogens (primary N) is 1. The summed E-state index contributed by atoms with van der Waals surface area (Å²) >= 11 is 0. The van der Waals surface area contributed by atoms with E-state index in [1.54, 1.807) is 0 Å². The Morgan fingerprint density at radius 2 is 2.19 bits per heavy atom. The first-order valence-electron chi connectivity index (χ1n) is 5.72. The molecule has 0 aliphatic carbocycles. The molecule has 2 N–H and O–H groups in total. The molecule has 0 aromatic heterocycles. The summed E-state index contributed by atoms with van der Waals surface area (Å²) < 4.78 is 5.66. The second-order valence-electron chi connectivity index (χ2n) is 4.24. The lowest BCUT2D eigenvalue weighted by molar-refractivity contribution is -0.119. The Bertz CT molecular complexity index is 344. The standard InChI is InChI=1S/C13H17NO2/c14-13(15)9-11(12-7-4-8-16-12)10-5-2-1-3-6-10/h1-3,5-6,11-12H,4,7-9H2,(H2,14,15). The molecule has 3 heteroatoms. The summed E-state index contributed by atoms with van der Waals surface area (Å²) in [5.74, 6) is -0.148. The average Bonchev–Trinajstić information content (AvgIpc) is 2.80. The van der Waals surface area contributed by atoms with Gasteiger partial charge < -0.3 is 10.5 Å². The van der Waals surface area contributed by atoms with Crippen LogP contribution in [0.4, 0.5) is 0 Å². The second-order valence-corrected chi connectivity index (χ2v) is 4.24. The Kier molecular flexibility index (Phi) is 3.57. The van der Waals surface area contributed by atoms with E-state index in [4.69, 9.17) is 10.5 Å². The van der Waals surface area contributed by atoms with Crippen LogP contribution in [0.15, 0.2) is 30.3 Å². The lowest BCUT2D eigenvalue weighted by Gasteiger charge is -2.22. The van der Waals surface area contributed by atoms with Gasteiger partial charge in [-0.3, -0.25) is 4.79 Å². The highest BCUT2D eigenvalue weighted by Crippen LogP contribution is 2.31. The van der Waals surface area contributed by atoms with Crippen LogP contribution in [0.2, 0.25) is 0 Å². The summed E-state index contributed by atoms with van der Waals surface area (Å²) in [7, 11) is 0. The number of primary amides is 1. The molecule has 3 nitrogen and oxygen atoms in total. The normalized spacial score (nSPS) is 21.9. The van der Waals surface area contributed by atoms with E-state index < -0.39 is 0 Å². The van der Waals surface area contributed by atoms with E-state index in [1.807, 2.05) is 30.3 Å². The minimum atomic E-state index is -0.260. The maximum atomic E-state index is 11.1. The van der Waals surface area contributed by atoms with Crippen LogP contribution < -0.4 is 5.73 Å². The SMILES string of the molecule is NC(=O)CC(c1ccccc1)C1CCCO1. The van der Waals surface area contributed by atoms with Crippen molar-refractivity contribution in [1.29, 1.82) is 0 Å². The molecule has 2 rings (SSSR count). The molecule has 2 unspecified atom stereocenters. The van der Waals surface area contributed by atoms with Crippen molar-refractivity contribution in [2.45, 2.75) is 31.3 Å². The van der Waals surface area contributed by atoms with E-state index in [2.05, 4.69) is 0 Å². The van der Waals surface area contributed by atoms with Crippen molar-refractivity contribution < 1.29 is 9.53 Å². The second kappa shape index (κ2) is 5.12. The quantitative estimate of drug-likeness (QED) is 0.839. The molecule has 0 saturated carbocycles. The highest BCUT2D eigenvalue weighted by Gasteiger charge is 2.28. The molecule has 1 aromatic rings. The van der Waals surface area contributed by atoms with E-state index in [0.717, 1.165) is 25.0 Å². The van der Waals surface area contributed by atoms with Gasteiger partial charge in [-0.1, -0.05) is 30.3 Å². The number of hydrogen-bond donors (Lipinski definition) is 1. The van der Waals surface area contributed by atoms with Crippen LogP contribution in [0.5, 0.6) is 0 Å². The molecule has 0 bridgehead atoms. The molecule has 16 heavy (non-hydrogen) atoms.